The van der Waals surface area contributed by atoms with Gasteiger partial charge in [-0.15, -0.1) is 0 Å². The predicted molar refractivity (Wildman–Crippen MR) is 69.7 cm³/mol. The minimum atomic E-state index is -0.321. The fraction of sp³-hybridized carbons (Fsp3) is 0.462. The summed E-state index contributed by atoms with van der Waals surface area (Å²) in [4.78, 5) is 11.4. The first-order valence-electron chi connectivity index (χ1n) is 6.23. The maximum Gasteiger partial charge on any atom is 0.220 e. The van der Waals surface area contributed by atoms with E-state index in [-0.39, 0.29) is 11.7 Å². The zero-order valence-electron chi connectivity index (χ0n) is 10.2. The molecule has 5 heteroatoms. The second kappa shape index (κ2) is 5.71. The van der Waals surface area contributed by atoms with Crippen LogP contribution in [-0.2, 0) is 4.79 Å². The van der Waals surface area contributed by atoms with Crippen LogP contribution in [0.2, 0.25) is 0 Å². The Morgan fingerprint density at radius 1 is 1.44 bits per heavy atom. The van der Waals surface area contributed by atoms with Crippen molar-refractivity contribution in [3.63, 3.8) is 0 Å². The van der Waals surface area contributed by atoms with Crippen molar-refractivity contribution in [2.24, 2.45) is 0 Å². The van der Waals surface area contributed by atoms with E-state index in [2.05, 4.69) is 10.6 Å². The molecule has 1 aliphatic rings. The summed E-state index contributed by atoms with van der Waals surface area (Å²) in [5.74, 6) is -0.232. The average molecular weight is 251 g/mol. The number of rotatable bonds is 6. The Morgan fingerprint density at radius 3 is 2.94 bits per heavy atom. The third-order valence-electron chi connectivity index (χ3n) is 2.85. The molecule has 0 radical (unpaired) electrons. The highest BCUT2D eigenvalue weighted by Crippen LogP contribution is 2.20. The molecule has 0 unspecified atom stereocenters. The van der Waals surface area contributed by atoms with E-state index in [1.165, 1.54) is 18.2 Å². The van der Waals surface area contributed by atoms with Crippen molar-refractivity contribution in [1.29, 1.82) is 0 Å². The van der Waals surface area contributed by atoms with Crippen LogP contribution in [0.5, 0.6) is 0 Å². The van der Waals surface area contributed by atoms with Crippen LogP contribution >= 0.6 is 0 Å². The molecule has 0 saturated heterocycles. The average Bonchev–Trinajstić information content (AvgIpc) is 3.13. The number of nitrogen functional groups attached to an aromatic ring is 1. The number of nitrogens with one attached hydrogen (secondary N) is 2. The molecule has 98 valence electrons. The van der Waals surface area contributed by atoms with Gasteiger partial charge in [-0.05, 0) is 37.5 Å². The van der Waals surface area contributed by atoms with Crippen molar-refractivity contribution in [3.05, 3.63) is 24.0 Å². The Morgan fingerprint density at radius 2 is 2.22 bits per heavy atom. The maximum atomic E-state index is 13.0. The van der Waals surface area contributed by atoms with Gasteiger partial charge in [0.15, 0.2) is 0 Å². The Hall–Kier alpha value is -1.78. The summed E-state index contributed by atoms with van der Waals surface area (Å²) >= 11 is 0. The molecule has 0 heterocycles. The van der Waals surface area contributed by atoms with Gasteiger partial charge < -0.3 is 16.4 Å². The van der Waals surface area contributed by atoms with Crippen LogP contribution in [0.15, 0.2) is 18.2 Å². The molecule has 1 aromatic carbocycles. The Kier molecular flexibility index (Phi) is 4.02. The quantitative estimate of drug-likeness (QED) is 0.534. The topological polar surface area (TPSA) is 67.1 Å². The van der Waals surface area contributed by atoms with Gasteiger partial charge in [-0.25, -0.2) is 4.39 Å². The van der Waals surface area contributed by atoms with Gasteiger partial charge in [-0.2, -0.15) is 0 Å². The second-order valence-electron chi connectivity index (χ2n) is 4.60. The zero-order chi connectivity index (χ0) is 13.0. The fourth-order valence-corrected chi connectivity index (χ4v) is 1.68. The first-order valence-corrected chi connectivity index (χ1v) is 6.23. The summed E-state index contributed by atoms with van der Waals surface area (Å²) < 4.78 is 13.0. The minimum Gasteiger partial charge on any atom is -0.397 e. The predicted octanol–water partition coefficient (Wildman–Crippen LogP) is 1.88. The van der Waals surface area contributed by atoms with Gasteiger partial charge >= 0.3 is 0 Å². The molecule has 1 amide bonds. The van der Waals surface area contributed by atoms with Crippen molar-refractivity contribution in [3.8, 4) is 0 Å². The van der Waals surface area contributed by atoms with Crippen LogP contribution in [-0.4, -0.2) is 18.5 Å². The summed E-state index contributed by atoms with van der Waals surface area (Å²) in [6.45, 7) is 0.603. The molecule has 1 fully saturated rings. The monoisotopic (exact) mass is 251 g/mol. The van der Waals surface area contributed by atoms with Crippen molar-refractivity contribution in [2.75, 3.05) is 17.6 Å². The van der Waals surface area contributed by atoms with E-state index in [0.717, 1.165) is 12.8 Å². The van der Waals surface area contributed by atoms with Gasteiger partial charge in [0, 0.05) is 19.0 Å². The summed E-state index contributed by atoms with van der Waals surface area (Å²) in [5, 5.41) is 5.95. The summed E-state index contributed by atoms with van der Waals surface area (Å²) in [7, 11) is 0. The van der Waals surface area contributed by atoms with Gasteiger partial charge in [0.1, 0.15) is 5.82 Å². The van der Waals surface area contributed by atoms with Crippen molar-refractivity contribution in [1.82, 2.24) is 5.32 Å². The van der Waals surface area contributed by atoms with Crippen molar-refractivity contribution >= 4 is 17.3 Å². The fourth-order valence-electron chi connectivity index (χ4n) is 1.68. The van der Waals surface area contributed by atoms with Gasteiger partial charge in [0.25, 0.3) is 0 Å². The molecular weight excluding hydrogens is 233 g/mol. The molecule has 4 nitrogen and oxygen atoms in total. The number of hydrogen-bond donors (Lipinski definition) is 3. The highest BCUT2D eigenvalue weighted by Gasteiger charge is 2.22. The van der Waals surface area contributed by atoms with Gasteiger partial charge in [0.2, 0.25) is 5.91 Å². The first kappa shape index (κ1) is 12.7. The molecule has 4 N–H and O–H groups in total. The van der Waals surface area contributed by atoms with Crippen LogP contribution in [0.1, 0.15) is 25.7 Å². The Bertz CT molecular complexity index is 432. The Labute approximate surface area is 106 Å². The van der Waals surface area contributed by atoms with E-state index in [1.807, 2.05) is 0 Å². The SMILES string of the molecule is Nc1ccc(F)cc1NCCCC(=O)NC1CC1. The number of halogens is 1. The van der Waals surface area contributed by atoms with Crippen molar-refractivity contribution in [2.45, 2.75) is 31.7 Å². The van der Waals surface area contributed by atoms with Crippen LogP contribution < -0.4 is 16.4 Å². The second-order valence-corrected chi connectivity index (χ2v) is 4.60. The summed E-state index contributed by atoms with van der Waals surface area (Å²) in [6.07, 6.45) is 3.39. The molecule has 1 saturated carbocycles. The molecule has 2 rings (SSSR count). The number of carbonyl (C=O) groups excluding carboxylic acids is 1. The van der Waals surface area contributed by atoms with Crippen LogP contribution in [0.3, 0.4) is 0 Å². The largest absolute Gasteiger partial charge is 0.397 e. The lowest BCUT2D eigenvalue weighted by atomic mass is 10.2. The lowest BCUT2D eigenvalue weighted by Gasteiger charge is -2.09. The number of carbonyl (C=O) groups is 1. The van der Waals surface area contributed by atoms with Gasteiger partial charge in [-0.3, -0.25) is 4.79 Å². The van der Waals surface area contributed by atoms with Crippen LogP contribution in [0.25, 0.3) is 0 Å². The summed E-state index contributed by atoms with van der Waals surface area (Å²) in [6, 6.07) is 4.62. The summed E-state index contributed by atoms with van der Waals surface area (Å²) in [5.41, 5.74) is 6.79. The molecule has 0 atom stereocenters. The van der Waals surface area contributed by atoms with Gasteiger partial charge in [0.05, 0.1) is 11.4 Å². The van der Waals surface area contributed by atoms with E-state index in [9.17, 15) is 9.18 Å². The van der Waals surface area contributed by atoms with Gasteiger partial charge in [-0.1, -0.05) is 0 Å². The van der Waals surface area contributed by atoms with E-state index < -0.39 is 0 Å². The van der Waals surface area contributed by atoms with Crippen LogP contribution in [0, 0.1) is 5.82 Å². The van der Waals surface area contributed by atoms with Crippen LogP contribution in [0.4, 0.5) is 15.8 Å². The number of hydrogen-bond acceptors (Lipinski definition) is 3. The highest BCUT2D eigenvalue weighted by molar-refractivity contribution is 5.76. The number of benzene rings is 1. The standard InChI is InChI=1S/C13H18FN3O/c14-9-3-6-11(15)12(8-9)16-7-1-2-13(18)17-10-4-5-10/h3,6,8,10,16H,1-2,4-5,7,15H2,(H,17,18). The molecule has 0 aliphatic heterocycles. The third kappa shape index (κ3) is 3.91. The van der Waals surface area contributed by atoms with E-state index in [0.29, 0.717) is 36.8 Å². The molecule has 0 aromatic heterocycles. The van der Waals surface area contributed by atoms with Crippen molar-refractivity contribution < 1.29 is 9.18 Å². The molecule has 0 spiro atoms. The number of amides is 1. The molecular formula is C13H18FN3O. The van der Waals surface area contributed by atoms with E-state index in [1.54, 1.807) is 0 Å². The first-order chi connectivity index (χ1) is 8.65. The number of anilines is 2. The highest BCUT2D eigenvalue weighted by atomic mass is 19.1. The van der Waals surface area contributed by atoms with E-state index in [4.69, 9.17) is 5.73 Å². The Balaban J connectivity index is 1.67. The lowest BCUT2D eigenvalue weighted by molar-refractivity contribution is -0.121. The molecule has 0 bridgehead atoms. The third-order valence-corrected chi connectivity index (χ3v) is 2.85. The molecule has 1 aliphatic carbocycles. The molecule has 1 aromatic rings. The normalized spacial score (nSPS) is 14.3. The lowest BCUT2D eigenvalue weighted by Crippen LogP contribution is -2.25. The zero-order valence-corrected chi connectivity index (χ0v) is 10.2. The number of nitrogens with two attached hydrogens (primary N) is 1. The maximum absolute atomic E-state index is 13.0. The molecule has 18 heavy (non-hydrogen) atoms. The minimum absolute atomic E-state index is 0.0894. The smallest absolute Gasteiger partial charge is 0.220 e. The van der Waals surface area contributed by atoms with E-state index >= 15 is 0 Å².